The van der Waals surface area contributed by atoms with Gasteiger partial charge in [0.15, 0.2) is 5.43 Å². The summed E-state index contributed by atoms with van der Waals surface area (Å²) in [6, 6.07) is 72.8. The highest BCUT2D eigenvalue weighted by molar-refractivity contribution is 5.89. The van der Waals surface area contributed by atoms with Crippen molar-refractivity contribution < 1.29 is 22.1 Å². The van der Waals surface area contributed by atoms with Gasteiger partial charge in [-0.2, -0.15) is 0 Å². The molecule has 0 radical (unpaired) electrons. The topological polar surface area (TPSA) is 151 Å². The summed E-state index contributed by atoms with van der Waals surface area (Å²) >= 11 is 0. The highest BCUT2D eigenvalue weighted by Crippen LogP contribution is 2.33. The Morgan fingerprint density at radius 1 is 0.207 bits per heavy atom. The van der Waals surface area contributed by atoms with Crippen LogP contribution in [-0.4, -0.2) is 0 Å². The van der Waals surface area contributed by atoms with Crippen LogP contribution in [0.25, 0.3) is 111 Å². The monoisotopic (exact) mass is 1620 g/mol. The molecule has 15 rings (SSSR count). The second-order valence-electron chi connectivity index (χ2n) is 28.7. The number of aryl methyl sites for hydroxylation is 14. The van der Waals surface area contributed by atoms with Crippen LogP contribution in [0.1, 0.15) is 230 Å². The first-order valence-electron chi connectivity index (χ1n) is 44.8. The van der Waals surface area contributed by atoms with Crippen molar-refractivity contribution in [3.63, 3.8) is 0 Å². The van der Waals surface area contributed by atoms with Crippen molar-refractivity contribution in [3.8, 4) is 55.8 Å². The zero-order valence-corrected chi connectivity index (χ0v) is 76.3. The molecule has 0 fully saturated rings. The van der Waals surface area contributed by atoms with Crippen molar-refractivity contribution >= 4 is 54.8 Å². The maximum absolute atomic E-state index is 12.5. The average Bonchev–Trinajstić information content (AvgIpc) is 0.796. The van der Waals surface area contributed by atoms with Crippen molar-refractivity contribution in [3.05, 3.63) is 348 Å². The highest BCUT2D eigenvalue weighted by atomic mass is 16.4. The SMILES string of the molecule is CC.CC.CC.CC.CCc1ccc(-c2cc(=O)c3cc(CC)ccc3o2)cc1.CCc1ccc(-c2cc3c(CC)cc(CC)cc3oc2=O)cc1.CCc1ccc(-c2cc3cc(CC)c(CC)cc3oc2=O)cc1.CCc1ccc(-c2cc3cc(CC)cc(CC)c3oc2=O)cc1.CCc1ccc(-c2cc3ccc(CC)c(CC)c3oc2=O)cc1. The van der Waals surface area contributed by atoms with Gasteiger partial charge in [-0.05, 0) is 251 Å². The van der Waals surface area contributed by atoms with Gasteiger partial charge in [0.05, 0.1) is 27.6 Å². The van der Waals surface area contributed by atoms with Gasteiger partial charge in [0.25, 0.3) is 0 Å². The van der Waals surface area contributed by atoms with E-state index in [1.165, 1.54) is 61.2 Å². The normalized spacial score (nSPS) is 10.5. The number of hydrogen-bond donors (Lipinski definition) is 0. The maximum atomic E-state index is 12.5. The molecular weight excluding hydrogens is 1490 g/mol. The van der Waals surface area contributed by atoms with Crippen LogP contribution in [0.2, 0.25) is 0 Å². The molecule has 10 heteroatoms. The standard InChI is InChI=1S/4C21H22O2.C19H18O2.4C2H6/c1-4-14-7-9-17(10-8-14)19-12-18-11-15(5-2)16(6-3)13-20(18)23-21(19)22;1-4-14-7-9-17(10-8-14)19-13-18-16(6-3)11-15(5-2)12-20(18)23-21(19)22;1-4-14-7-9-17(10-8-14)19-13-18-12-15(5-2)11-16(6-3)20(18)23-21(19)22;1-4-14-7-9-16(10-8-14)19-13-17-12-11-15(5-2)18(6-3)20(17)23-21(19)22;1-3-13-5-8-15(9-6-13)19-12-17(20)16-11-14(4-2)7-10-18(16)21-19;4*1-2/h4*7-13H,4-6H2,1-3H3;5-12H,3-4H2,1-2H3;4*1-2H3. The Morgan fingerprint density at radius 3 is 1.00 bits per heavy atom. The van der Waals surface area contributed by atoms with E-state index in [1.807, 2.05) is 171 Å². The van der Waals surface area contributed by atoms with E-state index in [2.05, 4.69) is 194 Å². The smallest absolute Gasteiger partial charge is 0.344 e. The van der Waals surface area contributed by atoms with E-state index in [0.29, 0.717) is 50.1 Å². The van der Waals surface area contributed by atoms with Crippen LogP contribution >= 0.6 is 0 Å². The zero-order chi connectivity index (χ0) is 88.4. The van der Waals surface area contributed by atoms with Gasteiger partial charge in [-0.3, -0.25) is 4.79 Å². The summed E-state index contributed by atoms with van der Waals surface area (Å²) in [7, 11) is 0. The van der Waals surface area contributed by atoms with Crippen LogP contribution in [0.15, 0.2) is 264 Å². The predicted molar refractivity (Wildman–Crippen MR) is 516 cm³/mol. The van der Waals surface area contributed by atoms with E-state index in [9.17, 15) is 24.0 Å². The third-order valence-electron chi connectivity index (χ3n) is 21.7. The molecule has 10 aromatic carbocycles. The fourth-order valence-electron chi connectivity index (χ4n) is 14.6. The molecule has 121 heavy (non-hydrogen) atoms. The first-order chi connectivity index (χ1) is 58.8. The summed E-state index contributed by atoms with van der Waals surface area (Å²) < 4.78 is 28.5. The van der Waals surface area contributed by atoms with Crippen LogP contribution in [-0.2, 0) is 89.9 Å². The van der Waals surface area contributed by atoms with Crippen LogP contribution in [0.4, 0.5) is 0 Å². The van der Waals surface area contributed by atoms with Gasteiger partial charge in [-0.15, -0.1) is 0 Å². The lowest BCUT2D eigenvalue weighted by atomic mass is 9.98. The Labute approximate surface area is 718 Å². The Morgan fingerprint density at radius 2 is 0.570 bits per heavy atom. The summed E-state index contributed by atoms with van der Waals surface area (Å²) in [5, 5.41) is 4.69. The average molecular weight is 1620 g/mol. The van der Waals surface area contributed by atoms with Gasteiger partial charge >= 0.3 is 22.5 Å². The van der Waals surface area contributed by atoms with Gasteiger partial charge in [0.2, 0.25) is 0 Å². The molecule has 0 unspecified atom stereocenters. The van der Waals surface area contributed by atoms with Crippen molar-refractivity contribution in [1.82, 2.24) is 0 Å². The van der Waals surface area contributed by atoms with Crippen molar-refractivity contribution in [2.45, 2.75) is 242 Å². The van der Waals surface area contributed by atoms with Crippen molar-refractivity contribution in [2.75, 3.05) is 0 Å². The minimum Gasteiger partial charge on any atom is -0.456 e. The molecule has 634 valence electrons. The lowest BCUT2D eigenvalue weighted by Gasteiger charge is -2.10. The quantitative estimate of drug-likeness (QED) is 0.0716. The summed E-state index contributed by atoms with van der Waals surface area (Å²) in [4.78, 5) is 62.0. The first kappa shape index (κ1) is 96.4. The molecule has 0 aliphatic rings. The Kier molecular flexibility index (Phi) is 38.6. The molecule has 0 saturated heterocycles. The predicted octanol–water partition coefficient (Wildman–Crippen LogP) is 29.3. The molecule has 15 aromatic rings. The summed E-state index contributed by atoms with van der Waals surface area (Å²) in [6.45, 7) is 45.7. The second-order valence-corrected chi connectivity index (χ2v) is 28.7. The largest absolute Gasteiger partial charge is 0.456 e. The lowest BCUT2D eigenvalue weighted by molar-refractivity contribution is 0.559. The van der Waals surface area contributed by atoms with E-state index in [0.717, 1.165) is 167 Å². The van der Waals surface area contributed by atoms with E-state index in [-0.39, 0.29) is 27.9 Å². The lowest BCUT2D eigenvalue weighted by Crippen LogP contribution is -2.05. The van der Waals surface area contributed by atoms with E-state index >= 15 is 0 Å². The van der Waals surface area contributed by atoms with Gasteiger partial charge in [-0.1, -0.05) is 304 Å². The Bertz CT molecular complexity index is 6070. The molecule has 0 aliphatic carbocycles. The van der Waals surface area contributed by atoms with Crippen LogP contribution in [0, 0.1) is 0 Å². The first-order valence-corrected chi connectivity index (χ1v) is 44.8. The highest BCUT2D eigenvalue weighted by Gasteiger charge is 2.18. The Hall–Kier alpha value is -11.8. The Balaban J connectivity index is 0.000000204. The fourth-order valence-corrected chi connectivity index (χ4v) is 14.6. The fraction of sp³-hybridized carbons (Fsp3) is 0.324. The molecule has 0 bridgehead atoms. The van der Waals surface area contributed by atoms with Gasteiger partial charge in [-0.25, -0.2) is 19.2 Å². The number of rotatable bonds is 19. The summed E-state index contributed by atoms with van der Waals surface area (Å²) in [6.07, 6.45) is 13.3. The molecule has 0 N–H and O–H groups in total. The van der Waals surface area contributed by atoms with Gasteiger partial charge in [0, 0.05) is 33.2 Å². The maximum Gasteiger partial charge on any atom is 0.344 e. The molecule has 0 amide bonds. The molecule has 0 spiro atoms. The minimum absolute atomic E-state index is 0.0149. The third kappa shape index (κ3) is 24.3. The number of hydrogen-bond acceptors (Lipinski definition) is 10. The molecule has 5 aromatic heterocycles. The van der Waals surface area contributed by atoms with Crippen LogP contribution < -0.4 is 27.9 Å². The van der Waals surface area contributed by atoms with Crippen molar-refractivity contribution in [1.29, 1.82) is 0 Å². The van der Waals surface area contributed by atoms with Crippen molar-refractivity contribution in [2.24, 2.45) is 0 Å². The molecule has 0 atom stereocenters. The van der Waals surface area contributed by atoms with Crippen LogP contribution in [0.5, 0.6) is 0 Å². The number of benzene rings is 10. The molecule has 0 aliphatic heterocycles. The summed E-state index contributed by atoms with van der Waals surface area (Å²) in [5.41, 5.74) is 26.8. The van der Waals surface area contributed by atoms with Gasteiger partial charge < -0.3 is 22.1 Å². The third-order valence-corrected chi connectivity index (χ3v) is 21.7. The molecule has 10 nitrogen and oxygen atoms in total. The summed E-state index contributed by atoms with van der Waals surface area (Å²) in [5.74, 6) is 0.624. The zero-order valence-electron chi connectivity index (χ0n) is 76.3. The van der Waals surface area contributed by atoms with E-state index in [1.54, 1.807) is 6.07 Å². The van der Waals surface area contributed by atoms with E-state index in [4.69, 9.17) is 22.1 Å². The van der Waals surface area contributed by atoms with Crippen LogP contribution in [0.3, 0.4) is 0 Å². The molecule has 5 heterocycles. The van der Waals surface area contributed by atoms with E-state index < -0.39 is 0 Å². The minimum atomic E-state index is -0.270. The molecular formula is C111H130O10. The number of fused-ring (bicyclic) bond motifs is 5. The molecule has 0 saturated carbocycles. The second kappa shape index (κ2) is 48.5. The van der Waals surface area contributed by atoms with Gasteiger partial charge in [0.1, 0.15) is 33.7 Å².